The predicted octanol–water partition coefficient (Wildman–Crippen LogP) is 1.48. The normalized spacial score (nSPS) is 24.1. The van der Waals surface area contributed by atoms with E-state index in [-0.39, 0.29) is 29.3 Å². The molecule has 0 spiro atoms. The molecule has 3 aromatic heterocycles. The van der Waals surface area contributed by atoms with Crippen molar-refractivity contribution in [1.29, 1.82) is 0 Å². The van der Waals surface area contributed by atoms with E-state index in [4.69, 9.17) is 4.74 Å². The Kier molecular flexibility index (Phi) is 4.62. The molecule has 3 N–H and O–H groups in total. The molecule has 0 radical (unpaired) electrons. The average Bonchev–Trinajstić information content (AvgIpc) is 3.64. The number of alkyl halides is 1. The zero-order valence-corrected chi connectivity index (χ0v) is 17.0. The number of hydrogen-bond donors (Lipinski definition) is 3. The van der Waals surface area contributed by atoms with Gasteiger partial charge in [0, 0.05) is 32.8 Å². The highest BCUT2D eigenvalue weighted by Gasteiger charge is 2.40. The molecule has 2 saturated carbocycles. The highest BCUT2D eigenvalue weighted by Crippen LogP contribution is 2.37. The van der Waals surface area contributed by atoms with E-state index in [1.54, 1.807) is 38.6 Å². The van der Waals surface area contributed by atoms with Gasteiger partial charge in [-0.15, -0.1) is 0 Å². The highest BCUT2D eigenvalue weighted by atomic mass is 19.1. The second-order valence-electron chi connectivity index (χ2n) is 7.74. The second kappa shape index (κ2) is 7.34. The predicted molar refractivity (Wildman–Crippen MR) is 112 cm³/mol. The van der Waals surface area contributed by atoms with Crippen LogP contribution in [-0.4, -0.2) is 57.5 Å². The first-order chi connectivity index (χ1) is 15.0. The summed E-state index contributed by atoms with van der Waals surface area (Å²) in [4.78, 5) is 30.0. The number of nitrogens with zero attached hydrogens (tertiary/aromatic N) is 4. The van der Waals surface area contributed by atoms with Crippen LogP contribution in [0.1, 0.15) is 29.2 Å². The lowest BCUT2D eigenvalue weighted by Crippen LogP contribution is -2.28. The zero-order valence-electron chi connectivity index (χ0n) is 17.0. The fourth-order valence-corrected chi connectivity index (χ4v) is 3.64. The van der Waals surface area contributed by atoms with Gasteiger partial charge in [-0.3, -0.25) is 9.59 Å². The number of ether oxygens (including phenoxy) is 1. The fourth-order valence-electron chi connectivity index (χ4n) is 3.64. The van der Waals surface area contributed by atoms with Crippen LogP contribution in [0.25, 0.3) is 5.65 Å². The van der Waals surface area contributed by atoms with Gasteiger partial charge in [0.2, 0.25) is 0 Å². The quantitative estimate of drug-likeness (QED) is 0.523. The first-order valence-electron chi connectivity index (χ1n) is 10.0. The molecule has 0 saturated heterocycles. The summed E-state index contributed by atoms with van der Waals surface area (Å²) in [5.74, 6) is 0.640. The lowest BCUT2D eigenvalue weighted by molar-refractivity contribution is 0.0936. The van der Waals surface area contributed by atoms with Crippen LogP contribution in [0.15, 0.2) is 35.4 Å². The molecule has 4 atom stereocenters. The number of amides is 1. The van der Waals surface area contributed by atoms with E-state index >= 15 is 0 Å². The van der Waals surface area contributed by atoms with Crippen LogP contribution in [-0.2, 0) is 4.74 Å². The number of carbonyl (C=O) groups is 1. The van der Waals surface area contributed by atoms with Crippen molar-refractivity contribution < 1.29 is 13.9 Å². The number of halogens is 1. The molecule has 31 heavy (non-hydrogen) atoms. The Hall–Kier alpha value is -3.47. The number of anilines is 3. The highest BCUT2D eigenvalue weighted by molar-refractivity contribution is 6.00. The number of aromatic nitrogens is 4. The van der Waals surface area contributed by atoms with Gasteiger partial charge < -0.3 is 25.3 Å². The van der Waals surface area contributed by atoms with Crippen LogP contribution in [0, 0.1) is 0 Å². The van der Waals surface area contributed by atoms with Crippen molar-refractivity contribution in [2.24, 2.45) is 0 Å². The summed E-state index contributed by atoms with van der Waals surface area (Å²) < 4.78 is 21.6. The Morgan fingerprint density at radius 2 is 2.16 bits per heavy atom. The van der Waals surface area contributed by atoms with Gasteiger partial charge in [-0.25, -0.2) is 9.37 Å². The Morgan fingerprint density at radius 1 is 1.35 bits per heavy atom. The molecule has 0 bridgehead atoms. The Balaban J connectivity index is 1.47. The minimum atomic E-state index is -0.990. The Morgan fingerprint density at radius 3 is 2.84 bits per heavy atom. The smallest absolute Gasteiger partial charge is 0.274 e. The van der Waals surface area contributed by atoms with Crippen molar-refractivity contribution in [1.82, 2.24) is 24.5 Å². The minimum Gasteiger partial charge on any atom is -0.379 e. The van der Waals surface area contributed by atoms with E-state index in [0.717, 1.165) is 6.42 Å². The van der Waals surface area contributed by atoms with Crippen molar-refractivity contribution in [2.75, 3.05) is 24.8 Å². The third kappa shape index (κ3) is 3.50. The fraction of sp³-hybridized carbons (Fsp3) is 0.400. The number of methoxy groups -OCH3 is 1. The van der Waals surface area contributed by atoms with Crippen LogP contribution in [0.3, 0.4) is 0 Å². The molecule has 1 amide bonds. The maximum absolute atomic E-state index is 13.4. The topological polar surface area (TPSA) is 115 Å². The second-order valence-corrected chi connectivity index (χ2v) is 7.74. The van der Waals surface area contributed by atoms with Gasteiger partial charge in [0.25, 0.3) is 11.5 Å². The maximum Gasteiger partial charge on any atom is 0.274 e. The number of fused-ring (bicyclic) bond motifs is 1. The summed E-state index contributed by atoms with van der Waals surface area (Å²) in [6.07, 6.45) is 3.19. The van der Waals surface area contributed by atoms with E-state index in [1.807, 2.05) is 0 Å². The largest absolute Gasteiger partial charge is 0.379 e. The molecule has 0 aromatic carbocycles. The molecular weight excluding hydrogens is 405 g/mol. The maximum atomic E-state index is 13.4. The van der Waals surface area contributed by atoms with Crippen LogP contribution in [0.5, 0.6) is 0 Å². The average molecular weight is 427 g/mol. The van der Waals surface area contributed by atoms with E-state index in [1.165, 1.54) is 15.3 Å². The van der Waals surface area contributed by atoms with Gasteiger partial charge in [0.1, 0.15) is 29.1 Å². The van der Waals surface area contributed by atoms with Crippen molar-refractivity contribution in [3.05, 3.63) is 46.5 Å². The first kappa shape index (κ1) is 19.5. The molecule has 0 aliphatic heterocycles. The molecule has 2 fully saturated rings. The van der Waals surface area contributed by atoms with E-state index in [9.17, 15) is 14.0 Å². The van der Waals surface area contributed by atoms with Gasteiger partial charge in [0.15, 0.2) is 5.65 Å². The third-order valence-electron chi connectivity index (χ3n) is 5.60. The van der Waals surface area contributed by atoms with Crippen LogP contribution >= 0.6 is 0 Å². The standard InChI is InChI=1S/C20H22FN7O3/c1-22-17-8-16(24-12-4-3-5-27(20(12)30)14-6-11(14)21)26-18-10(9-23-28(17)18)19(29)25-13-7-15(13)31-2/h3-5,8-9,11,13-15,22H,6-7H2,1-2H3,(H,24,26)(H,25,29)/t11-,13+,14-,15+/m0/s1. The molecule has 0 unspecified atom stereocenters. The molecule has 11 heteroatoms. The van der Waals surface area contributed by atoms with Crippen LogP contribution in [0.4, 0.5) is 21.7 Å². The molecule has 162 valence electrons. The molecule has 5 rings (SSSR count). The summed E-state index contributed by atoms with van der Waals surface area (Å²) in [5.41, 5.74) is 0.590. The van der Waals surface area contributed by atoms with Crippen molar-refractivity contribution in [3.8, 4) is 0 Å². The molecule has 3 heterocycles. The Labute approximate surface area is 176 Å². The summed E-state index contributed by atoms with van der Waals surface area (Å²) in [5, 5.41) is 13.2. The summed E-state index contributed by atoms with van der Waals surface area (Å²) in [7, 11) is 3.33. The molecule has 2 aliphatic carbocycles. The number of carbonyl (C=O) groups excluding carboxylic acids is 1. The SMILES string of the molecule is CNc1cc(Nc2cccn([C@H]3C[C@@H]3F)c2=O)nc2c(C(=O)N[C@@H]3C[C@H]3OC)cnn12. The summed E-state index contributed by atoms with van der Waals surface area (Å²) in [6.45, 7) is 0. The zero-order chi connectivity index (χ0) is 21.7. The van der Waals surface area contributed by atoms with E-state index < -0.39 is 12.2 Å². The van der Waals surface area contributed by atoms with Crippen LogP contribution < -0.4 is 21.5 Å². The summed E-state index contributed by atoms with van der Waals surface area (Å²) >= 11 is 0. The molecule has 2 aliphatic rings. The van der Waals surface area contributed by atoms with E-state index in [2.05, 4.69) is 26.0 Å². The number of hydrogen-bond acceptors (Lipinski definition) is 7. The first-order valence-corrected chi connectivity index (χ1v) is 10.0. The lowest BCUT2D eigenvalue weighted by atomic mass is 10.3. The lowest BCUT2D eigenvalue weighted by Gasteiger charge is -2.11. The summed E-state index contributed by atoms with van der Waals surface area (Å²) in [6, 6.07) is 4.53. The number of rotatable bonds is 7. The number of pyridine rings is 1. The minimum absolute atomic E-state index is 0.0259. The third-order valence-corrected chi connectivity index (χ3v) is 5.60. The van der Waals surface area contributed by atoms with Crippen molar-refractivity contribution >= 4 is 28.9 Å². The van der Waals surface area contributed by atoms with Gasteiger partial charge in [-0.05, 0) is 18.6 Å². The van der Waals surface area contributed by atoms with Gasteiger partial charge >= 0.3 is 0 Å². The molecule has 10 nitrogen and oxygen atoms in total. The van der Waals surface area contributed by atoms with Crippen LogP contribution in [0.2, 0.25) is 0 Å². The Bertz CT molecular complexity index is 1220. The van der Waals surface area contributed by atoms with Gasteiger partial charge in [-0.1, -0.05) is 0 Å². The van der Waals surface area contributed by atoms with Crippen molar-refractivity contribution in [2.45, 2.75) is 37.2 Å². The van der Waals surface area contributed by atoms with Crippen molar-refractivity contribution in [3.63, 3.8) is 0 Å². The van der Waals surface area contributed by atoms with Gasteiger partial charge in [0.05, 0.1) is 24.4 Å². The van der Waals surface area contributed by atoms with Gasteiger partial charge in [-0.2, -0.15) is 9.61 Å². The number of nitrogens with one attached hydrogen (secondary N) is 3. The molecular formula is C20H22FN7O3. The monoisotopic (exact) mass is 427 g/mol. The molecule has 3 aromatic rings. The van der Waals surface area contributed by atoms with E-state index in [0.29, 0.717) is 29.3 Å².